The van der Waals surface area contributed by atoms with Gasteiger partial charge in [-0.1, -0.05) is 6.07 Å². The number of carbonyl (C=O) groups is 1. The maximum absolute atomic E-state index is 13.1. The van der Waals surface area contributed by atoms with Gasteiger partial charge in [0.05, 0.1) is 29.4 Å². The fourth-order valence-electron chi connectivity index (χ4n) is 3.95. The Morgan fingerprint density at radius 2 is 1.82 bits per heavy atom. The summed E-state index contributed by atoms with van der Waals surface area (Å²) in [5.74, 6) is 0.0713. The van der Waals surface area contributed by atoms with E-state index in [-0.39, 0.29) is 11.3 Å². The first-order valence-corrected chi connectivity index (χ1v) is 10.9. The lowest BCUT2D eigenvalue weighted by Crippen LogP contribution is -2.37. The minimum atomic E-state index is -0.503. The molecule has 0 aliphatic carbocycles. The first kappa shape index (κ1) is 21.6. The lowest BCUT2D eigenvalue weighted by molar-refractivity contribution is -0.384. The van der Waals surface area contributed by atoms with Gasteiger partial charge >= 0.3 is 0 Å². The van der Waals surface area contributed by atoms with Crippen molar-refractivity contribution in [2.75, 3.05) is 36.5 Å². The molecule has 5 rings (SSSR count). The molecule has 172 valence electrons. The Morgan fingerprint density at radius 1 is 1.06 bits per heavy atom. The third-order valence-corrected chi connectivity index (χ3v) is 5.72. The predicted octanol–water partition coefficient (Wildman–Crippen LogP) is 4.80. The number of ether oxygens (including phenoxy) is 1. The van der Waals surface area contributed by atoms with Gasteiger partial charge in [0, 0.05) is 36.5 Å². The highest BCUT2D eigenvalue weighted by Gasteiger charge is 2.22. The van der Waals surface area contributed by atoms with Crippen LogP contribution in [0.25, 0.3) is 22.6 Å². The van der Waals surface area contributed by atoms with Crippen LogP contribution >= 0.6 is 0 Å². The lowest BCUT2D eigenvalue weighted by Gasteiger charge is -2.30. The molecule has 2 heterocycles. The van der Waals surface area contributed by atoms with Crippen molar-refractivity contribution in [3.8, 4) is 11.5 Å². The normalized spacial score (nSPS) is 13.7. The van der Waals surface area contributed by atoms with Gasteiger partial charge in [0.2, 0.25) is 5.89 Å². The van der Waals surface area contributed by atoms with E-state index >= 15 is 0 Å². The van der Waals surface area contributed by atoms with Crippen LogP contribution in [0.3, 0.4) is 0 Å². The number of anilines is 2. The van der Waals surface area contributed by atoms with Crippen molar-refractivity contribution in [3.63, 3.8) is 0 Å². The molecule has 1 saturated heterocycles. The Hall–Kier alpha value is -4.24. The summed E-state index contributed by atoms with van der Waals surface area (Å²) in [5.41, 5.74) is 4.68. The highest BCUT2D eigenvalue weighted by atomic mass is 16.6. The van der Waals surface area contributed by atoms with Crippen molar-refractivity contribution in [2.24, 2.45) is 0 Å². The summed E-state index contributed by atoms with van der Waals surface area (Å²) in [7, 11) is 0. The van der Waals surface area contributed by atoms with Crippen LogP contribution in [0.5, 0.6) is 0 Å². The molecule has 1 aromatic heterocycles. The molecule has 3 aromatic carbocycles. The zero-order valence-corrected chi connectivity index (χ0v) is 18.5. The van der Waals surface area contributed by atoms with E-state index in [2.05, 4.69) is 10.3 Å². The number of hydrogen-bond acceptors (Lipinski definition) is 7. The molecule has 0 spiro atoms. The molecular formula is C25H22N4O5. The fraction of sp³-hybridized carbons (Fsp3) is 0.200. The van der Waals surface area contributed by atoms with Gasteiger partial charge in [0.15, 0.2) is 5.58 Å². The highest BCUT2D eigenvalue weighted by Crippen LogP contribution is 2.29. The van der Waals surface area contributed by atoms with Crippen LogP contribution < -0.4 is 10.2 Å². The van der Waals surface area contributed by atoms with E-state index in [1.165, 1.54) is 12.1 Å². The van der Waals surface area contributed by atoms with Gasteiger partial charge < -0.3 is 19.4 Å². The molecule has 34 heavy (non-hydrogen) atoms. The quantitative estimate of drug-likeness (QED) is 0.338. The number of carbonyl (C=O) groups excluding carboxylic acids is 1. The Labute approximate surface area is 195 Å². The Balaban J connectivity index is 1.39. The molecule has 0 saturated carbocycles. The second-order valence-electron chi connectivity index (χ2n) is 8.08. The number of non-ortho nitro benzene ring substituents is 1. The zero-order chi connectivity index (χ0) is 23.7. The van der Waals surface area contributed by atoms with Crippen molar-refractivity contribution in [3.05, 3.63) is 81.9 Å². The van der Waals surface area contributed by atoms with E-state index in [1.807, 2.05) is 42.2 Å². The van der Waals surface area contributed by atoms with E-state index in [0.29, 0.717) is 49.2 Å². The van der Waals surface area contributed by atoms with Crippen LogP contribution in [0, 0.1) is 17.0 Å². The number of nitrogens with zero attached hydrogens (tertiary/aromatic N) is 3. The van der Waals surface area contributed by atoms with Crippen LogP contribution in [0.15, 0.2) is 65.1 Å². The lowest BCUT2D eigenvalue weighted by atomic mass is 10.1. The number of aryl methyl sites for hydroxylation is 1. The number of oxazole rings is 1. The molecule has 0 radical (unpaired) electrons. The average molecular weight is 458 g/mol. The Bertz CT molecular complexity index is 1370. The van der Waals surface area contributed by atoms with Crippen molar-refractivity contribution < 1.29 is 18.9 Å². The van der Waals surface area contributed by atoms with Crippen molar-refractivity contribution in [1.29, 1.82) is 0 Å². The minimum absolute atomic E-state index is 0.135. The molecule has 0 unspecified atom stereocenters. The van der Waals surface area contributed by atoms with Gasteiger partial charge in [-0.25, -0.2) is 4.98 Å². The van der Waals surface area contributed by atoms with Crippen molar-refractivity contribution >= 4 is 34.1 Å². The zero-order valence-electron chi connectivity index (χ0n) is 18.5. The first-order valence-electron chi connectivity index (χ1n) is 10.9. The van der Waals surface area contributed by atoms with E-state index in [4.69, 9.17) is 9.15 Å². The van der Waals surface area contributed by atoms with Crippen LogP contribution in [-0.2, 0) is 4.74 Å². The van der Waals surface area contributed by atoms with Gasteiger partial charge in [-0.2, -0.15) is 0 Å². The van der Waals surface area contributed by atoms with E-state index < -0.39 is 10.8 Å². The second-order valence-corrected chi connectivity index (χ2v) is 8.08. The summed E-state index contributed by atoms with van der Waals surface area (Å²) in [6.07, 6.45) is 0. The number of nitro benzene ring substituents is 1. The first-order chi connectivity index (χ1) is 16.5. The summed E-state index contributed by atoms with van der Waals surface area (Å²) in [6.45, 7) is 4.29. The van der Waals surface area contributed by atoms with Gasteiger partial charge in [-0.3, -0.25) is 14.9 Å². The molecule has 0 atom stereocenters. The standard InChI is InChI=1S/C25H22N4O5/c1-16-2-9-23-21(14-16)27-25(34-23)17-3-5-18(6-4-17)26-24(30)20-15-19(29(31)32)7-8-22(20)28-10-12-33-13-11-28/h2-9,14-15H,10-13H2,1H3,(H,26,30). The van der Waals surface area contributed by atoms with Gasteiger partial charge in [-0.05, 0) is 55.0 Å². The van der Waals surface area contributed by atoms with Gasteiger partial charge in [-0.15, -0.1) is 0 Å². The third-order valence-electron chi connectivity index (χ3n) is 5.72. The number of morpholine rings is 1. The monoisotopic (exact) mass is 458 g/mol. The number of aromatic nitrogens is 1. The Morgan fingerprint density at radius 3 is 2.56 bits per heavy atom. The third kappa shape index (κ3) is 4.33. The smallest absolute Gasteiger partial charge is 0.270 e. The molecule has 0 bridgehead atoms. The maximum Gasteiger partial charge on any atom is 0.270 e. The molecule has 1 amide bonds. The summed E-state index contributed by atoms with van der Waals surface area (Å²) in [6, 6.07) is 17.3. The second kappa shape index (κ2) is 8.95. The maximum atomic E-state index is 13.1. The molecule has 9 nitrogen and oxygen atoms in total. The number of benzene rings is 3. The van der Waals surface area contributed by atoms with Crippen LogP contribution in [0.2, 0.25) is 0 Å². The highest BCUT2D eigenvalue weighted by molar-refractivity contribution is 6.08. The number of fused-ring (bicyclic) bond motifs is 1. The van der Waals surface area contributed by atoms with E-state index in [9.17, 15) is 14.9 Å². The number of rotatable bonds is 5. The number of nitro groups is 1. The number of hydrogen-bond donors (Lipinski definition) is 1. The molecule has 9 heteroatoms. The summed E-state index contributed by atoms with van der Waals surface area (Å²) in [4.78, 5) is 30.5. The van der Waals surface area contributed by atoms with Crippen LogP contribution in [-0.4, -0.2) is 42.1 Å². The number of amides is 1. The van der Waals surface area contributed by atoms with Crippen LogP contribution in [0.1, 0.15) is 15.9 Å². The molecule has 4 aromatic rings. The average Bonchev–Trinajstić information content (AvgIpc) is 3.28. The molecule has 1 aliphatic rings. The fourth-order valence-corrected chi connectivity index (χ4v) is 3.95. The number of nitrogens with one attached hydrogen (secondary N) is 1. The topological polar surface area (TPSA) is 111 Å². The summed E-state index contributed by atoms with van der Waals surface area (Å²) in [5, 5.41) is 14.1. The van der Waals surface area contributed by atoms with Gasteiger partial charge in [0.25, 0.3) is 11.6 Å². The van der Waals surface area contributed by atoms with Crippen molar-refractivity contribution in [1.82, 2.24) is 4.98 Å². The van der Waals surface area contributed by atoms with Crippen LogP contribution in [0.4, 0.5) is 17.1 Å². The Kier molecular flexibility index (Phi) is 5.69. The molecule has 1 aliphatic heterocycles. The summed E-state index contributed by atoms with van der Waals surface area (Å²) >= 11 is 0. The SMILES string of the molecule is Cc1ccc2oc(-c3ccc(NC(=O)c4cc([N+](=O)[O-])ccc4N4CCOCC4)cc3)nc2c1. The van der Waals surface area contributed by atoms with Gasteiger partial charge in [0.1, 0.15) is 5.52 Å². The molecular weight excluding hydrogens is 436 g/mol. The van der Waals surface area contributed by atoms with E-state index in [0.717, 1.165) is 16.6 Å². The minimum Gasteiger partial charge on any atom is -0.436 e. The summed E-state index contributed by atoms with van der Waals surface area (Å²) < 4.78 is 11.2. The van der Waals surface area contributed by atoms with E-state index in [1.54, 1.807) is 18.2 Å². The largest absolute Gasteiger partial charge is 0.436 e. The molecule has 1 N–H and O–H groups in total. The molecule has 1 fully saturated rings. The van der Waals surface area contributed by atoms with Crippen molar-refractivity contribution in [2.45, 2.75) is 6.92 Å². The predicted molar refractivity (Wildman–Crippen MR) is 128 cm³/mol.